The van der Waals surface area contributed by atoms with Gasteiger partial charge in [-0.1, -0.05) is 515 Å². The molecule has 24 aromatic carbocycles. The van der Waals surface area contributed by atoms with Gasteiger partial charge in [0, 0.05) is 22.7 Å². The first-order valence-electron chi connectivity index (χ1n) is 53.1. The Kier molecular flexibility index (Phi) is 20.7. The molecule has 2 unspecified atom stereocenters. The van der Waals surface area contributed by atoms with E-state index >= 15 is 0 Å². The van der Waals surface area contributed by atoms with Crippen LogP contribution in [0, 0.1) is 5.92 Å². The number of fused-ring (bicyclic) bond motifs is 14. The third-order valence-corrected chi connectivity index (χ3v) is 33.7. The van der Waals surface area contributed by atoms with Gasteiger partial charge in [-0.25, -0.2) is 0 Å². The molecule has 5 aliphatic carbocycles. The molecule has 29 rings (SSSR count). The zero-order valence-electron chi connectivity index (χ0n) is 86.5. The van der Waals surface area contributed by atoms with E-state index < -0.39 is 0 Å². The van der Waals surface area contributed by atoms with Crippen LogP contribution < -0.4 is 0 Å². The van der Waals surface area contributed by atoms with Crippen LogP contribution in [0.3, 0.4) is 0 Å². The van der Waals surface area contributed by atoms with Crippen LogP contribution in [-0.4, -0.2) is 0 Å². The van der Waals surface area contributed by atoms with Gasteiger partial charge in [-0.2, -0.15) is 0 Å². The summed E-state index contributed by atoms with van der Waals surface area (Å²) in [5.74, 6) is 0.829. The fourth-order valence-corrected chi connectivity index (χ4v) is 27.2. The van der Waals surface area contributed by atoms with Crippen LogP contribution in [-0.2, 0) is 27.1 Å². The maximum Gasteiger partial charge on any atom is 0.0199 e. The number of hydrogen-bond donors (Lipinski definition) is 0. The van der Waals surface area contributed by atoms with Gasteiger partial charge in [0.25, 0.3) is 0 Å². The highest BCUT2D eigenvalue weighted by atomic mass is 14.4. The molecular formula is C148H116. The molecule has 0 aliphatic heterocycles. The summed E-state index contributed by atoms with van der Waals surface area (Å²) < 4.78 is 0. The van der Waals surface area contributed by atoms with E-state index in [1.165, 1.54) is 291 Å². The van der Waals surface area contributed by atoms with Crippen molar-refractivity contribution in [1.82, 2.24) is 0 Å². The third-order valence-electron chi connectivity index (χ3n) is 33.7. The summed E-state index contributed by atoms with van der Waals surface area (Å²) in [4.78, 5) is 0. The molecule has 148 heavy (non-hydrogen) atoms. The van der Waals surface area contributed by atoms with Gasteiger partial charge in [-0.05, 0) is 338 Å². The molecule has 24 aromatic rings. The van der Waals surface area contributed by atoms with E-state index in [-0.39, 0.29) is 27.1 Å². The topological polar surface area (TPSA) is 0 Å². The molecule has 0 nitrogen and oxygen atoms in total. The molecule has 0 saturated heterocycles. The fourth-order valence-electron chi connectivity index (χ4n) is 27.2. The minimum absolute atomic E-state index is 0.0468. The summed E-state index contributed by atoms with van der Waals surface area (Å²) >= 11 is 0. The van der Waals surface area contributed by atoms with Gasteiger partial charge in [0.05, 0.1) is 0 Å². The quantitative estimate of drug-likeness (QED) is 0.105. The zero-order valence-corrected chi connectivity index (χ0v) is 86.5. The molecule has 0 heterocycles. The lowest BCUT2D eigenvalue weighted by Gasteiger charge is -2.36. The molecule has 0 radical (unpaired) electrons. The molecule has 0 heteroatoms. The summed E-state index contributed by atoms with van der Waals surface area (Å²) in [7, 11) is 0. The SMILES string of the molecule is CC(C)(C)c1c2ccccc2c(-c2c3ccccc3c(-c3ccccc3)c3ccccc23)c2ccc(-c3ccc4c(c3)C(C)(C)c3ccccc3-4)cc12.CC(C)(C)c1c2ccccc2c(-c2ccc3c(c2)C(C)(C)c2ccccc2-3)c2ccc(-c3ccc4c5c3C=CC3=CC=CC(C=C4)C35)cc12.CC(C)(C)c1c2ccccc2c(-c2ccc3ccc4cccc5ccc2c3c45)c2ccc(-c3ccc(-c4ccccc4)cc3)cc12. The third kappa shape index (κ3) is 14.2. The molecular weight excluding hydrogens is 1780 g/mol. The Morgan fingerprint density at radius 3 is 1.09 bits per heavy atom. The van der Waals surface area contributed by atoms with E-state index in [0.29, 0.717) is 11.8 Å². The Morgan fingerprint density at radius 1 is 0.209 bits per heavy atom. The lowest BCUT2D eigenvalue weighted by Crippen LogP contribution is -2.21. The van der Waals surface area contributed by atoms with Gasteiger partial charge in [-0.15, -0.1) is 0 Å². The maximum atomic E-state index is 2.51. The molecule has 5 aliphatic rings. The molecule has 0 saturated carbocycles. The molecule has 0 bridgehead atoms. The van der Waals surface area contributed by atoms with E-state index in [4.69, 9.17) is 0 Å². The first-order valence-corrected chi connectivity index (χ1v) is 53.1. The number of benzene rings is 24. The minimum Gasteiger partial charge on any atom is -0.0767 e. The maximum absolute atomic E-state index is 2.51. The van der Waals surface area contributed by atoms with Crippen LogP contribution >= 0.6 is 0 Å². The van der Waals surface area contributed by atoms with Crippen molar-refractivity contribution in [2.45, 2.75) is 123 Å². The Labute approximate surface area is 868 Å². The molecule has 2 atom stereocenters. The number of hydrogen-bond acceptors (Lipinski definition) is 0. The van der Waals surface area contributed by atoms with Crippen molar-refractivity contribution >= 4 is 131 Å². The normalized spacial score (nSPS) is 15.0. The van der Waals surface area contributed by atoms with E-state index in [2.05, 4.69) is 545 Å². The van der Waals surface area contributed by atoms with Gasteiger partial charge in [0.15, 0.2) is 0 Å². The Bertz CT molecular complexity index is 9790. The second kappa shape index (κ2) is 34.0. The second-order valence-corrected chi connectivity index (χ2v) is 46.2. The lowest BCUT2D eigenvalue weighted by atomic mass is 9.68. The number of rotatable bonds is 8. The monoisotopic (exact) mass is 1890 g/mol. The van der Waals surface area contributed by atoms with Crippen LogP contribution in [0.4, 0.5) is 0 Å². The summed E-state index contributed by atoms with van der Waals surface area (Å²) in [6.45, 7) is 30.8. The van der Waals surface area contributed by atoms with Gasteiger partial charge in [0.1, 0.15) is 0 Å². The summed E-state index contributed by atoms with van der Waals surface area (Å²) in [6, 6.07) is 155. The molecule has 0 N–H and O–H groups in total. The predicted octanol–water partition coefficient (Wildman–Crippen LogP) is 41.3. The van der Waals surface area contributed by atoms with E-state index in [0.717, 1.165) is 0 Å². The lowest BCUT2D eigenvalue weighted by molar-refractivity contribution is 0.601. The molecule has 0 aromatic heterocycles. The average Bonchev–Trinajstić information content (AvgIpc) is 1.10. The largest absolute Gasteiger partial charge is 0.0767 e. The van der Waals surface area contributed by atoms with Gasteiger partial charge < -0.3 is 0 Å². The standard InChI is InChI=1S/C53H42.C49H40.C46H34/c1-52(2,3)51-44-25-14-13-24-42(44)50(49-40-22-11-9-20-38(40)48(33-17-7-6-8-18-33)39-21-10-12-23-41(39)49)43-30-28-34(31-45(43)51)35-27-29-37-36-19-15-16-26-46(36)53(4,5)47(37)32-35;1-48(2,3)47-40-15-7-6-14-37(40)45(33-22-24-36-35-13-8-9-16-42(35)49(4,5)43(36)28-33)39-26-21-32(27-41(39)47)34-23-19-31-18-17-29-11-10-12-30-20-25-38(34)46(31)44(29)30;1-46(2,3)45-40-15-8-7-14-36(40)44(38-26-23-34-21-20-32-12-9-13-33-22-25-37(38)43(34)42(32)33)39-27-24-35(28-41(39)45)31-18-16-30(17-19-31)29-10-5-4-6-11-29/h6-32H,1-5H3;6-29,44H,1-5H3;4-28H,1-3H3. The highest BCUT2D eigenvalue weighted by Gasteiger charge is 2.40. The van der Waals surface area contributed by atoms with Crippen molar-refractivity contribution in [2.75, 3.05) is 0 Å². The van der Waals surface area contributed by atoms with E-state index in [1.54, 1.807) is 0 Å². The van der Waals surface area contributed by atoms with Crippen molar-refractivity contribution in [2.24, 2.45) is 5.92 Å². The average molecular weight is 1890 g/mol. The highest BCUT2D eigenvalue weighted by Crippen LogP contribution is 2.59. The second-order valence-electron chi connectivity index (χ2n) is 46.2. The Hall–Kier alpha value is -16.6. The Morgan fingerprint density at radius 2 is 0.554 bits per heavy atom. The highest BCUT2D eigenvalue weighted by molar-refractivity contribution is 6.31. The van der Waals surface area contributed by atoms with Crippen LogP contribution in [0.15, 0.2) is 448 Å². The zero-order chi connectivity index (χ0) is 100. The number of allylic oxidation sites excluding steroid dienone is 6. The van der Waals surface area contributed by atoms with Crippen molar-refractivity contribution in [1.29, 1.82) is 0 Å². The fraction of sp³-hybridized carbons (Fsp3) is 0.135. The predicted molar refractivity (Wildman–Crippen MR) is 639 cm³/mol. The molecule has 0 amide bonds. The summed E-state index contributed by atoms with van der Waals surface area (Å²) in [6.07, 6.45) is 16.3. The molecule has 708 valence electrons. The van der Waals surface area contributed by atoms with E-state index in [9.17, 15) is 0 Å². The van der Waals surface area contributed by atoms with Crippen molar-refractivity contribution in [3.63, 3.8) is 0 Å². The Balaban J connectivity index is 0.000000110. The van der Waals surface area contributed by atoms with Gasteiger partial charge in [-0.3, -0.25) is 0 Å². The first kappa shape index (κ1) is 90.1. The summed E-state index contributed by atoms with van der Waals surface area (Å²) in [5, 5.41) is 29.0. The van der Waals surface area contributed by atoms with Crippen molar-refractivity contribution < 1.29 is 0 Å². The van der Waals surface area contributed by atoms with Crippen LogP contribution in [0.1, 0.15) is 152 Å². The molecule has 0 spiro atoms. The van der Waals surface area contributed by atoms with Crippen molar-refractivity contribution in [3.8, 4) is 111 Å². The van der Waals surface area contributed by atoms with E-state index in [1.807, 2.05) is 0 Å². The summed E-state index contributed by atoms with van der Waals surface area (Å²) in [5.41, 5.74) is 41.2. The first-order chi connectivity index (χ1) is 71.9. The van der Waals surface area contributed by atoms with Crippen molar-refractivity contribution in [3.05, 3.63) is 504 Å². The molecule has 0 fully saturated rings. The van der Waals surface area contributed by atoms with Crippen LogP contribution in [0.2, 0.25) is 0 Å². The van der Waals surface area contributed by atoms with Gasteiger partial charge in [0.2, 0.25) is 0 Å². The minimum atomic E-state index is -0.0854. The van der Waals surface area contributed by atoms with Crippen LogP contribution in [0.25, 0.3) is 242 Å². The smallest absolute Gasteiger partial charge is 0.0199 e. The van der Waals surface area contributed by atoms with Crippen LogP contribution in [0.5, 0.6) is 0 Å². The van der Waals surface area contributed by atoms with Gasteiger partial charge >= 0.3 is 0 Å².